The summed E-state index contributed by atoms with van der Waals surface area (Å²) in [7, 11) is 1.86. The second kappa shape index (κ2) is 8.32. The summed E-state index contributed by atoms with van der Waals surface area (Å²) in [5.41, 5.74) is 4.16. The molecule has 0 aliphatic heterocycles. The molecule has 4 nitrogen and oxygen atoms in total. The minimum absolute atomic E-state index is 0.0160. The van der Waals surface area contributed by atoms with Crippen molar-refractivity contribution in [2.75, 3.05) is 5.32 Å². The van der Waals surface area contributed by atoms with Gasteiger partial charge < -0.3 is 5.32 Å². The van der Waals surface area contributed by atoms with Gasteiger partial charge >= 0.3 is 0 Å². The molecule has 0 fully saturated rings. The number of nitrogens with one attached hydrogen (secondary N) is 1. The molecule has 1 aromatic heterocycles. The van der Waals surface area contributed by atoms with Crippen LogP contribution in [0, 0.1) is 6.92 Å². The summed E-state index contributed by atoms with van der Waals surface area (Å²) in [4.78, 5) is 12.4. The molecule has 3 rings (SSSR count). The Balaban J connectivity index is 1.69. The van der Waals surface area contributed by atoms with Crippen LogP contribution < -0.4 is 5.32 Å². The van der Waals surface area contributed by atoms with Gasteiger partial charge in [-0.3, -0.25) is 9.48 Å². The first-order valence-electron chi connectivity index (χ1n) is 8.68. The van der Waals surface area contributed by atoms with Gasteiger partial charge in [-0.15, -0.1) is 0 Å². The van der Waals surface area contributed by atoms with Crippen molar-refractivity contribution in [1.29, 1.82) is 0 Å². The first kappa shape index (κ1) is 18.4. The Hall–Kier alpha value is -2.40. The van der Waals surface area contributed by atoms with Gasteiger partial charge in [-0.05, 0) is 43.0 Å². The maximum Gasteiger partial charge on any atom is 0.225 e. The largest absolute Gasteiger partial charge is 0.310 e. The summed E-state index contributed by atoms with van der Waals surface area (Å²) in [5.74, 6) is 0.761. The molecule has 0 saturated carbocycles. The fourth-order valence-electron chi connectivity index (χ4n) is 3.06. The number of nitrogens with zero attached hydrogens (tertiary/aromatic N) is 2. The standard InChI is InChI=1S/C21H22BrN3O/c1-15-20(17-11-13-18(22)14-12-17)21(25(2)24-15)23-19(26)10-6-9-16-7-4-3-5-8-16/h3-5,7-8,11-14H,6,9-10H2,1-2H3,(H,23,26). The van der Waals surface area contributed by atoms with Crippen LogP contribution in [0.1, 0.15) is 24.1 Å². The molecule has 134 valence electrons. The van der Waals surface area contributed by atoms with E-state index in [9.17, 15) is 4.79 Å². The Morgan fingerprint density at radius 2 is 1.81 bits per heavy atom. The molecule has 1 amide bonds. The van der Waals surface area contributed by atoms with Crippen LogP contribution in [0.25, 0.3) is 11.1 Å². The number of amides is 1. The smallest absolute Gasteiger partial charge is 0.225 e. The summed E-state index contributed by atoms with van der Waals surface area (Å²) in [6, 6.07) is 18.3. The van der Waals surface area contributed by atoms with Crippen LogP contribution in [0.5, 0.6) is 0 Å². The highest BCUT2D eigenvalue weighted by Gasteiger charge is 2.17. The van der Waals surface area contributed by atoms with Gasteiger partial charge in [0.05, 0.1) is 5.69 Å². The Labute approximate surface area is 162 Å². The van der Waals surface area contributed by atoms with Gasteiger partial charge in [0.2, 0.25) is 5.91 Å². The van der Waals surface area contributed by atoms with E-state index in [1.165, 1.54) is 5.56 Å². The van der Waals surface area contributed by atoms with Crippen LogP contribution in [0.4, 0.5) is 5.82 Å². The van der Waals surface area contributed by atoms with Gasteiger partial charge in [-0.25, -0.2) is 0 Å². The Kier molecular flexibility index (Phi) is 5.89. The number of halogens is 1. The van der Waals surface area contributed by atoms with E-state index in [4.69, 9.17) is 0 Å². The van der Waals surface area contributed by atoms with E-state index in [0.717, 1.165) is 40.0 Å². The van der Waals surface area contributed by atoms with Crippen LogP contribution in [-0.2, 0) is 18.3 Å². The minimum atomic E-state index is 0.0160. The van der Waals surface area contributed by atoms with Gasteiger partial charge in [-0.1, -0.05) is 58.4 Å². The van der Waals surface area contributed by atoms with Gasteiger partial charge in [0.25, 0.3) is 0 Å². The fourth-order valence-corrected chi connectivity index (χ4v) is 3.32. The van der Waals surface area contributed by atoms with Crippen molar-refractivity contribution >= 4 is 27.7 Å². The number of carbonyl (C=O) groups excluding carboxylic acids is 1. The zero-order chi connectivity index (χ0) is 18.5. The normalized spacial score (nSPS) is 10.7. The number of rotatable bonds is 6. The molecule has 0 unspecified atom stereocenters. The Morgan fingerprint density at radius 1 is 1.12 bits per heavy atom. The lowest BCUT2D eigenvalue weighted by atomic mass is 10.1. The Bertz CT molecular complexity index is 886. The first-order valence-corrected chi connectivity index (χ1v) is 9.47. The van der Waals surface area contributed by atoms with Crippen molar-refractivity contribution in [3.8, 4) is 11.1 Å². The summed E-state index contributed by atoms with van der Waals surface area (Å²) in [6.07, 6.45) is 2.21. The molecule has 0 aliphatic carbocycles. The van der Waals surface area contributed by atoms with Crippen LogP contribution in [0.15, 0.2) is 59.1 Å². The van der Waals surface area contributed by atoms with Crippen molar-refractivity contribution in [2.24, 2.45) is 7.05 Å². The van der Waals surface area contributed by atoms with Gasteiger partial charge in [0.15, 0.2) is 0 Å². The van der Waals surface area contributed by atoms with Crippen LogP contribution in [0.3, 0.4) is 0 Å². The third kappa shape index (κ3) is 4.41. The van der Waals surface area contributed by atoms with Crippen molar-refractivity contribution < 1.29 is 4.79 Å². The predicted octanol–water partition coefficient (Wildman–Crippen LogP) is 5.12. The van der Waals surface area contributed by atoms with Crippen LogP contribution in [0.2, 0.25) is 0 Å². The first-order chi connectivity index (χ1) is 12.5. The molecule has 0 spiro atoms. The number of aromatic nitrogens is 2. The van der Waals surface area contributed by atoms with Gasteiger partial charge in [0, 0.05) is 23.5 Å². The van der Waals surface area contributed by atoms with E-state index in [-0.39, 0.29) is 5.91 Å². The van der Waals surface area contributed by atoms with E-state index in [2.05, 4.69) is 38.5 Å². The molecule has 0 aliphatic rings. The van der Waals surface area contributed by atoms with Crippen molar-refractivity contribution in [1.82, 2.24) is 9.78 Å². The predicted molar refractivity (Wildman–Crippen MR) is 109 cm³/mol. The zero-order valence-corrected chi connectivity index (χ0v) is 16.6. The summed E-state index contributed by atoms with van der Waals surface area (Å²) >= 11 is 3.46. The summed E-state index contributed by atoms with van der Waals surface area (Å²) < 4.78 is 2.76. The number of carbonyl (C=O) groups is 1. The molecule has 1 heterocycles. The number of aryl methyl sites for hydroxylation is 3. The SMILES string of the molecule is Cc1nn(C)c(NC(=O)CCCc2ccccc2)c1-c1ccc(Br)cc1. The molecule has 0 atom stereocenters. The highest BCUT2D eigenvalue weighted by Crippen LogP contribution is 2.32. The maximum absolute atomic E-state index is 12.4. The van der Waals surface area contributed by atoms with Crippen LogP contribution in [-0.4, -0.2) is 15.7 Å². The molecular formula is C21H22BrN3O. The van der Waals surface area contributed by atoms with E-state index in [1.54, 1.807) is 4.68 Å². The Morgan fingerprint density at radius 3 is 2.50 bits per heavy atom. The lowest BCUT2D eigenvalue weighted by molar-refractivity contribution is -0.116. The minimum Gasteiger partial charge on any atom is -0.310 e. The van der Waals surface area contributed by atoms with Crippen molar-refractivity contribution in [3.63, 3.8) is 0 Å². The molecule has 5 heteroatoms. The molecule has 0 radical (unpaired) electrons. The topological polar surface area (TPSA) is 46.9 Å². The van der Waals surface area contributed by atoms with Gasteiger partial charge in [0.1, 0.15) is 5.82 Å². The average molecular weight is 412 g/mol. The van der Waals surface area contributed by atoms with E-state index < -0.39 is 0 Å². The lowest BCUT2D eigenvalue weighted by Gasteiger charge is -2.09. The molecule has 3 aromatic rings. The average Bonchev–Trinajstić information content (AvgIpc) is 2.90. The summed E-state index contributed by atoms with van der Waals surface area (Å²) in [6.45, 7) is 1.96. The van der Waals surface area contributed by atoms with Gasteiger partial charge in [-0.2, -0.15) is 5.10 Å². The van der Waals surface area contributed by atoms with E-state index >= 15 is 0 Å². The monoisotopic (exact) mass is 411 g/mol. The summed E-state index contributed by atoms with van der Waals surface area (Å²) in [5, 5.41) is 7.53. The van der Waals surface area contributed by atoms with Crippen molar-refractivity contribution in [2.45, 2.75) is 26.2 Å². The van der Waals surface area contributed by atoms with Crippen molar-refractivity contribution in [3.05, 3.63) is 70.3 Å². The number of hydrogen-bond acceptors (Lipinski definition) is 2. The molecule has 0 bridgehead atoms. The fraction of sp³-hybridized carbons (Fsp3) is 0.238. The lowest BCUT2D eigenvalue weighted by Crippen LogP contribution is -2.15. The highest BCUT2D eigenvalue weighted by atomic mass is 79.9. The quantitative estimate of drug-likeness (QED) is 0.611. The molecular weight excluding hydrogens is 390 g/mol. The maximum atomic E-state index is 12.4. The molecule has 2 aromatic carbocycles. The third-order valence-corrected chi connectivity index (χ3v) is 4.85. The van der Waals surface area contributed by atoms with E-state index in [0.29, 0.717) is 6.42 Å². The third-order valence-electron chi connectivity index (χ3n) is 4.33. The van der Waals surface area contributed by atoms with Crippen LogP contribution >= 0.6 is 15.9 Å². The number of benzene rings is 2. The zero-order valence-electron chi connectivity index (χ0n) is 15.0. The number of anilines is 1. The van der Waals surface area contributed by atoms with E-state index in [1.807, 2.05) is 56.4 Å². The highest BCUT2D eigenvalue weighted by molar-refractivity contribution is 9.10. The number of hydrogen-bond donors (Lipinski definition) is 1. The molecule has 26 heavy (non-hydrogen) atoms. The molecule has 1 N–H and O–H groups in total. The second-order valence-electron chi connectivity index (χ2n) is 6.33. The second-order valence-corrected chi connectivity index (χ2v) is 7.24. The molecule has 0 saturated heterocycles.